The molecular weight excluding hydrogens is 414 g/mol. The van der Waals surface area contributed by atoms with Crippen LogP contribution in [-0.4, -0.2) is 30.6 Å². The van der Waals surface area contributed by atoms with Gasteiger partial charge in [0, 0.05) is 12.2 Å². The van der Waals surface area contributed by atoms with Gasteiger partial charge in [0.25, 0.3) is 10.1 Å². The lowest BCUT2D eigenvalue weighted by atomic mass is 10.0. The predicted octanol–water partition coefficient (Wildman–Crippen LogP) is 6.67. The van der Waals surface area contributed by atoms with Gasteiger partial charge in [0.15, 0.2) is 0 Å². The Hall–Kier alpha value is -1.60. The van der Waals surface area contributed by atoms with Crippen LogP contribution in [0.25, 0.3) is 0 Å². The van der Waals surface area contributed by atoms with Gasteiger partial charge in [0.2, 0.25) is 0 Å². The van der Waals surface area contributed by atoms with Crippen molar-refractivity contribution in [3.05, 3.63) is 29.3 Å². The van der Waals surface area contributed by atoms with E-state index in [1.54, 1.807) is 6.07 Å². The molecule has 0 amide bonds. The van der Waals surface area contributed by atoms with Crippen LogP contribution in [0.15, 0.2) is 18.2 Å². The highest BCUT2D eigenvalue weighted by Crippen LogP contribution is 2.19. The topological polar surface area (TPSA) is 104 Å². The normalized spacial score (nSPS) is 11.5. The number of carboxylic acid groups (broad SMARTS) is 1. The molecule has 0 radical (unpaired) electrons. The van der Waals surface area contributed by atoms with Crippen LogP contribution >= 0.6 is 0 Å². The van der Waals surface area contributed by atoms with Gasteiger partial charge in [-0.2, -0.15) is 8.42 Å². The van der Waals surface area contributed by atoms with Gasteiger partial charge in [-0.25, -0.2) is 4.79 Å². The van der Waals surface area contributed by atoms with E-state index in [-0.39, 0.29) is 11.1 Å². The van der Waals surface area contributed by atoms with Crippen LogP contribution in [0.5, 0.6) is 0 Å². The number of unbranched alkanes of at least 4 members (excludes halogenated alkanes) is 13. The molecule has 0 saturated heterocycles. The van der Waals surface area contributed by atoms with Crippen molar-refractivity contribution in [2.45, 2.75) is 103 Å². The fraction of sp³-hybridized carbons (Fsp3) is 0.708. The number of nitrogens with one attached hydrogen (secondary N) is 1. The second kappa shape index (κ2) is 16.1. The Labute approximate surface area is 188 Å². The molecule has 1 aromatic carbocycles. The van der Waals surface area contributed by atoms with Gasteiger partial charge in [-0.15, -0.1) is 0 Å². The first-order valence-corrected chi connectivity index (χ1v) is 13.5. The van der Waals surface area contributed by atoms with E-state index in [0.717, 1.165) is 19.4 Å². The lowest BCUT2D eigenvalue weighted by Gasteiger charge is -2.10. The first-order chi connectivity index (χ1) is 14.8. The van der Waals surface area contributed by atoms with Gasteiger partial charge >= 0.3 is 5.97 Å². The van der Waals surface area contributed by atoms with Crippen LogP contribution in [0, 0.1) is 0 Å². The summed E-state index contributed by atoms with van der Waals surface area (Å²) in [4.78, 5) is 11.2. The molecule has 0 aromatic heterocycles. The van der Waals surface area contributed by atoms with E-state index in [1.807, 2.05) is 0 Å². The molecule has 1 aromatic rings. The molecule has 0 aliphatic rings. The molecule has 6 nitrogen and oxygen atoms in total. The lowest BCUT2D eigenvalue weighted by molar-refractivity contribution is 0.0696. The van der Waals surface area contributed by atoms with Gasteiger partial charge in [-0.05, 0) is 30.2 Å². The highest BCUT2D eigenvalue weighted by atomic mass is 32.2. The van der Waals surface area contributed by atoms with Crippen LogP contribution in [0.3, 0.4) is 0 Å². The Morgan fingerprint density at radius 1 is 0.839 bits per heavy atom. The minimum absolute atomic E-state index is 0.0842. The largest absolute Gasteiger partial charge is 0.478 e. The molecule has 0 aliphatic carbocycles. The zero-order valence-electron chi connectivity index (χ0n) is 19.1. The quantitative estimate of drug-likeness (QED) is 0.159. The van der Waals surface area contributed by atoms with Gasteiger partial charge < -0.3 is 10.4 Å². The average Bonchev–Trinajstić information content (AvgIpc) is 2.69. The summed E-state index contributed by atoms with van der Waals surface area (Å²) in [7, 11) is -4.29. The van der Waals surface area contributed by atoms with Crippen LogP contribution in [0.4, 0.5) is 5.69 Å². The Bertz CT molecular complexity index is 733. The van der Waals surface area contributed by atoms with Crippen molar-refractivity contribution in [2.24, 2.45) is 0 Å². The number of aromatic carboxylic acids is 1. The number of rotatable bonds is 19. The zero-order valence-corrected chi connectivity index (χ0v) is 19.9. The van der Waals surface area contributed by atoms with Crippen LogP contribution in [-0.2, 0) is 15.9 Å². The molecule has 31 heavy (non-hydrogen) atoms. The number of hydrogen-bond acceptors (Lipinski definition) is 4. The first kappa shape index (κ1) is 27.4. The standard InChI is InChI=1S/C24H41NO5S/c1-2-3-4-5-6-7-8-9-10-11-12-13-14-15-18-25-22-16-17-23(24(26)27)21(19-22)20-31(28,29)30/h16-17,19,25H,2-15,18,20H2,1H3,(H,26,27)(H,28,29,30). The van der Waals surface area contributed by atoms with E-state index in [0.29, 0.717) is 5.69 Å². The molecule has 7 heteroatoms. The summed E-state index contributed by atoms with van der Waals surface area (Å²) in [6.07, 6.45) is 18.2. The molecule has 0 heterocycles. The smallest absolute Gasteiger partial charge is 0.336 e. The first-order valence-electron chi connectivity index (χ1n) is 11.9. The van der Waals surface area contributed by atoms with Crippen molar-refractivity contribution < 1.29 is 22.9 Å². The number of carbonyl (C=O) groups is 1. The Kier molecular flexibility index (Phi) is 14.2. The maximum absolute atomic E-state index is 11.2. The molecule has 1 rings (SSSR count). The summed E-state index contributed by atoms with van der Waals surface area (Å²) in [6, 6.07) is 4.48. The highest BCUT2D eigenvalue weighted by Gasteiger charge is 2.16. The Morgan fingerprint density at radius 3 is 1.77 bits per heavy atom. The lowest BCUT2D eigenvalue weighted by Crippen LogP contribution is -2.10. The minimum Gasteiger partial charge on any atom is -0.478 e. The molecule has 0 fully saturated rings. The molecule has 0 saturated carbocycles. The third kappa shape index (κ3) is 14.2. The molecule has 0 bridgehead atoms. The third-order valence-electron chi connectivity index (χ3n) is 5.53. The maximum Gasteiger partial charge on any atom is 0.336 e. The molecule has 0 unspecified atom stereocenters. The van der Waals surface area contributed by atoms with Gasteiger partial charge in [-0.1, -0.05) is 90.4 Å². The van der Waals surface area contributed by atoms with Crippen molar-refractivity contribution in [3.8, 4) is 0 Å². The molecular formula is C24H41NO5S. The molecule has 0 atom stereocenters. The summed E-state index contributed by atoms with van der Waals surface area (Å²) in [5.74, 6) is -1.92. The highest BCUT2D eigenvalue weighted by molar-refractivity contribution is 7.85. The molecule has 178 valence electrons. The second-order valence-corrected chi connectivity index (χ2v) is 9.88. The van der Waals surface area contributed by atoms with E-state index < -0.39 is 21.8 Å². The maximum atomic E-state index is 11.2. The van der Waals surface area contributed by atoms with Crippen molar-refractivity contribution in [2.75, 3.05) is 11.9 Å². The Morgan fingerprint density at radius 2 is 1.32 bits per heavy atom. The van der Waals surface area contributed by atoms with E-state index in [9.17, 15) is 18.3 Å². The molecule has 0 spiro atoms. The fourth-order valence-electron chi connectivity index (χ4n) is 3.78. The fourth-order valence-corrected chi connectivity index (χ4v) is 4.41. The van der Waals surface area contributed by atoms with E-state index in [2.05, 4.69) is 12.2 Å². The molecule has 0 aliphatic heterocycles. The number of anilines is 1. The summed E-state index contributed by atoms with van der Waals surface area (Å²) in [6.45, 7) is 3.00. The third-order valence-corrected chi connectivity index (χ3v) is 6.21. The Balaban J connectivity index is 2.11. The second-order valence-electron chi connectivity index (χ2n) is 8.43. The number of hydrogen-bond donors (Lipinski definition) is 3. The zero-order chi connectivity index (χ0) is 23.0. The predicted molar refractivity (Wildman–Crippen MR) is 127 cm³/mol. The molecule has 3 N–H and O–H groups in total. The average molecular weight is 456 g/mol. The van der Waals surface area contributed by atoms with E-state index >= 15 is 0 Å². The summed E-state index contributed by atoms with van der Waals surface area (Å²) in [5, 5.41) is 12.4. The van der Waals surface area contributed by atoms with Crippen LogP contribution in [0.2, 0.25) is 0 Å². The van der Waals surface area contributed by atoms with Crippen molar-refractivity contribution >= 4 is 21.8 Å². The summed E-state index contributed by atoms with van der Waals surface area (Å²) < 4.78 is 31.3. The van der Waals surface area contributed by atoms with Gasteiger partial charge in [0.05, 0.1) is 5.56 Å². The van der Waals surface area contributed by atoms with Crippen LogP contribution < -0.4 is 5.32 Å². The van der Waals surface area contributed by atoms with E-state index in [1.165, 1.54) is 89.2 Å². The van der Waals surface area contributed by atoms with Crippen molar-refractivity contribution in [1.82, 2.24) is 0 Å². The summed E-state index contributed by atoms with van der Waals surface area (Å²) in [5.41, 5.74) is 0.638. The minimum atomic E-state index is -4.29. The SMILES string of the molecule is CCCCCCCCCCCCCCCCNc1ccc(C(=O)O)c(CS(=O)(=O)O)c1. The van der Waals surface area contributed by atoms with E-state index in [4.69, 9.17) is 4.55 Å². The number of benzene rings is 1. The van der Waals surface area contributed by atoms with Crippen molar-refractivity contribution in [3.63, 3.8) is 0 Å². The monoisotopic (exact) mass is 455 g/mol. The summed E-state index contributed by atoms with van der Waals surface area (Å²) >= 11 is 0. The number of carboxylic acids is 1. The van der Waals surface area contributed by atoms with Crippen molar-refractivity contribution in [1.29, 1.82) is 0 Å². The van der Waals surface area contributed by atoms with Gasteiger partial charge in [-0.3, -0.25) is 4.55 Å². The van der Waals surface area contributed by atoms with Gasteiger partial charge in [0.1, 0.15) is 5.75 Å². The van der Waals surface area contributed by atoms with Crippen LogP contribution in [0.1, 0.15) is 113 Å².